The molecule has 3 atom stereocenters. The van der Waals surface area contributed by atoms with Crippen LogP contribution in [0.25, 0.3) is 22.0 Å². The molecule has 1 aliphatic rings. The summed E-state index contributed by atoms with van der Waals surface area (Å²) in [6, 6.07) is 6.28. The van der Waals surface area contributed by atoms with E-state index < -0.39 is 82.8 Å². The first-order valence-corrected chi connectivity index (χ1v) is 19.4. The number of carbonyl (C=O) groups is 1. The van der Waals surface area contributed by atoms with Crippen molar-refractivity contribution in [2.24, 2.45) is 7.05 Å². The standard InChI is InChI=1S/C38H37ClF6N8O3S/c1-18-16-38(44,45)34-29(18)32(35(42)43)49-53(34)17-28(54)47-27(13-19-11-20(40)14-21(41)12-19)31-23(15-26(46-4)25(48-31)9-10-37(2,3)55)22-7-8-24(39)30-33(22)52(5)50-36(30)51-57(6)56/h7-8,11-12,14-15,18,27,35,46,55H,13,16-17H2,1-6H3,(H,47,54)(H,50,51)/t18-,27?,57?/m0/s1. The topological polar surface area (TPSA) is 139 Å². The summed E-state index contributed by atoms with van der Waals surface area (Å²) >= 11 is 6.66. The Morgan fingerprint density at radius 1 is 1.12 bits per heavy atom. The molecule has 0 saturated carbocycles. The van der Waals surface area contributed by atoms with Gasteiger partial charge in [-0.1, -0.05) is 30.5 Å². The van der Waals surface area contributed by atoms with Crippen molar-refractivity contribution in [1.29, 1.82) is 0 Å². The van der Waals surface area contributed by atoms with Gasteiger partial charge in [-0.15, -0.1) is 0 Å². The number of halogens is 7. The van der Waals surface area contributed by atoms with Crippen LogP contribution in [0.4, 0.5) is 37.8 Å². The highest BCUT2D eigenvalue weighted by molar-refractivity contribution is 7.85. The summed E-state index contributed by atoms with van der Waals surface area (Å²) in [5.74, 6) is -1.60. The summed E-state index contributed by atoms with van der Waals surface area (Å²) in [6.45, 7) is 3.36. The first kappa shape index (κ1) is 41.5. The van der Waals surface area contributed by atoms with Crippen molar-refractivity contribution >= 4 is 50.9 Å². The van der Waals surface area contributed by atoms with Crippen molar-refractivity contribution < 1.29 is 40.5 Å². The van der Waals surface area contributed by atoms with E-state index >= 15 is 8.78 Å². The molecular weight excluding hydrogens is 798 g/mol. The molecule has 302 valence electrons. The molecule has 0 spiro atoms. The van der Waals surface area contributed by atoms with Gasteiger partial charge in [0.1, 0.15) is 51.8 Å². The second-order valence-corrected chi connectivity index (χ2v) is 15.8. The van der Waals surface area contributed by atoms with Gasteiger partial charge < -0.3 is 15.7 Å². The number of amides is 1. The molecule has 6 rings (SSSR count). The number of fused-ring (bicyclic) bond motifs is 2. The smallest absolute Gasteiger partial charge is 0.290 e. The highest BCUT2D eigenvalue weighted by atomic mass is 35.5. The first-order valence-electron chi connectivity index (χ1n) is 17.4. The van der Waals surface area contributed by atoms with Crippen LogP contribution in [0.2, 0.25) is 5.02 Å². The van der Waals surface area contributed by atoms with Crippen molar-refractivity contribution in [1.82, 2.24) is 29.9 Å². The maximum atomic E-state index is 15.2. The van der Waals surface area contributed by atoms with E-state index in [2.05, 4.69) is 37.4 Å². The van der Waals surface area contributed by atoms with Gasteiger partial charge in [0.2, 0.25) is 5.91 Å². The zero-order chi connectivity index (χ0) is 41.7. The number of aromatic nitrogens is 5. The predicted molar refractivity (Wildman–Crippen MR) is 204 cm³/mol. The Morgan fingerprint density at radius 2 is 1.81 bits per heavy atom. The van der Waals surface area contributed by atoms with E-state index in [1.165, 1.54) is 31.7 Å². The summed E-state index contributed by atoms with van der Waals surface area (Å²) in [5.41, 5.74) is -1.72. The summed E-state index contributed by atoms with van der Waals surface area (Å²) in [5, 5.41) is 25.0. The fourth-order valence-electron chi connectivity index (χ4n) is 7.09. The fourth-order valence-corrected chi connectivity index (χ4v) is 7.75. The van der Waals surface area contributed by atoms with Crippen LogP contribution >= 0.6 is 11.6 Å². The number of alkyl halides is 4. The molecule has 2 unspecified atom stereocenters. The Labute approximate surface area is 330 Å². The number of pyridine rings is 1. The lowest BCUT2D eigenvalue weighted by molar-refractivity contribution is -0.122. The molecule has 2 aromatic carbocycles. The summed E-state index contributed by atoms with van der Waals surface area (Å²) in [6.07, 6.45) is -2.85. The van der Waals surface area contributed by atoms with E-state index in [-0.39, 0.29) is 39.8 Å². The third kappa shape index (κ3) is 8.60. The largest absolute Gasteiger partial charge is 0.386 e. The van der Waals surface area contributed by atoms with Gasteiger partial charge in [-0.25, -0.2) is 26.8 Å². The Bertz CT molecular complexity index is 2470. The number of aliphatic hydroxyl groups is 1. The maximum Gasteiger partial charge on any atom is 0.290 e. The molecule has 3 heterocycles. The van der Waals surface area contributed by atoms with Crippen LogP contribution in [0.15, 0.2) is 36.4 Å². The van der Waals surface area contributed by atoms with Crippen LogP contribution in [-0.4, -0.2) is 58.7 Å². The lowest BCUT2D eigenvalue weighted by Gasteiger charge is -2.24. The number of hydrogen-bond donors (Lipinski definition) is 4. The van der Waals surface area contributed by atoms with Crippen molar-refractivity contribution in [3.63, 3.8) is 0 Å². The summed E-state index contributed by atoms with van der Waals surface area (Å²) in [4.78, 5) is 18.8. The van der Waals surface area contributed by atoms with Gasteiger partial charge in [-0.05, 0) is 61.9 Å². The average molecular weight is 835 g/mol. The lowest BCUT2D eigenvalue weighted by atomic mass is 9.93. The molecular formula is C38H37ClF6N8O3S. The number of aryl methyl sites for hydroxylation is 1. The molecule has 0 radical (unpaired) electrons. The minimum Gasteiger partial charge on any atom is -0.386 e. The zero-order valence-electron chi connectivity index (χ0n) is 31.4. The number of benzene rings is 2. The molecule has 57 heavy (non-hydrogen) atoms. The molecule has 0 aliphatic heterocycles. The van der Waals surface area contributed by atoms with E-state index in [0.717, 1.165) is 12.1 Å². The van der Waals surface area contributed by atoms with E-state index in [1.807, 2.05) is 0 Å². The lowest BCUT2D eigenvalue weighted by Crippen LogP contribution is -2.35. The van der Waals surface area contributed by atoms with Crippen molar-refractivity contribution in [2.45, 2.75) is 70.1 Å². The Kier molecular flexibility index (Phi) is 11.4. The predicted octanol–water partition coefficient (Wildman–Crippen LogP) is 7.27. The fraction of sp³-hybridized carbons (Fsp3) is 0.368. The van der Waals surface area contributed by atoms with Crippen LogP contribution in [-0.2, 0) is 41.7 Å². The quantitative estimate of drug-likeness (QED) is 0.0812. The summed E-state index contributed by atoms with van der Waals surface area (Å²) in [7, 11) is 1.65. The van der Waals surface area contributed by atoms with E-state index in [0.29, 0.717) is 38.5 Å². The van der Waals surface area contributed by atoms with Crippen molar-refractivity contribution in [3.8, 4) is 23.0 Å². The van der Waals surface area contributed by atoms with Crippen LogP contribution in [0.3, 0.4) is 0 Å². The van der Waals surface area contributed by atoms with Gasteiger partial charge in [0.25, 0.3) is 12.3 Å². The van der Waals surface area contributed by atoms with Gasteiger partial charge in [0.05, 0.1) is 33.3 Å². The second kappa shape index (κ2) is 15.7. The molecule has 19 heteroatoms. The minimum absolute atomic E-state index is 0.0587. The normalized spacial score (nSPS) is 15.9. The molecule has 0 saturated heterocycles. The van der Waals surface area contributed by atoms with E-state index in [4.69, 9.17) is 16.6 Å². The average Bonchev–Trinajstić information content (AvgIpc) is 3.72. The maximum absolute atomic E-state index is 15.2. The molecule has 1 aliphatic carbocycles. The first-order chi connectivity index (χ1) is 26.7. The molecule has 0 bridgehead atoms. The Hall–Kier alpha value is -5.12. The highest BCUT2D eigenvalue weighted by Gasteiger charge is 2.50. The molecule has 3 aromatic heterocycles. The van der Waals surface area contributed by atoms with Crippen LogP contribution in [0.1, 0.15) is 79.5 Å². The number of rotatable bonds is 11. The third-order valence-electron chi connectivity index (χ3n) is 9.22. The Morgan fingerprint density at radius 3 is 2.42 bits per heavy atom. The van der Waals surface area contributed by atoms with E-state index in [9.17, 15) is 31.7 Å². The zero-order valence-corrected chi connectivity index (χ0v) is 32.9. The van der Waals surface area contributed by atoms with Crippen molar-refractivity contribution in [2.75, 3.05) is 23.3 Å². The number of anilines is 2. The number of carbonyl (C=O) groups excluding carboxylic acids is 1. The minimum atomic E-state index is -3.55. The van der Waals surface area contributed by atoms with Gasteiger partial charge in [0, 0.05) is 49.5 Å². The molecule has 4 N–H and O–H groups in total. The SMILES string of the molecule is CNc1cc(-c2ccc(Cl)c3c(NS(C)=O)nn(C)c23)c(C(Cc2cc(F)cc(F)c2)NC(=O)Cn2nc(C(F)F)c3c2C(F)(F)C[C@@H]3C)nc1C#CC(C)(C)O. The third-order valence-corrected chi connectivity index (χ3v) is 10.0. The number of nitrogens with zero attached hydrogens (tertiary/aromatic N) is 5. The van der Waals surface area contributed by atoms with Crippen LogP contribution in [0, 0.1) is 23.5 Å². The number of hydrogen-bond acceptors (Lipinski definition) is 7. The van der Waals surface area contributed by atoms with Gasteiger partial charge in [0.15, 0.2) is 5.82 Å². The molecule has 1 amide bonds. The number of nitrogens with one attached hydrogen (secondary N) is 3. The highest BCUT2D eigenvalue weighted by Crippen LogP contribution is 2.51. The van der Waals surface area contributed by atoms with Crippen LogP contribution in [0.5, 0.6) is 0 Å². The molecule has 5 aromatic rings. The second-order valence-electron chi connectivity index (χ2n) is 14.2. The van der Waals surface area contributed by atoms with Gasteiger partial charge in [-0.2, -0.15) is 19.0 Å². The molecule has 11 nitrogen and oxygen atoms in total. The van der Waals surface area contributed by atoms with Crippen LogP contribution < -0.4 is 15.4 Å². The summed E-state index contributed by atoms with van der Waals surface area (Å²) < 4.78 is 105. The molecule has 0 fully saturated rings. The van der Waals surface area contributed by atoms with E-state index in [1.54, 1.807) is 32.3 Å². The monoisotopic (exact) mass is 834 g/mol. The van der Waals surface area contributed by atoms with Gasteiger partial charge >= 0.3 is 0 Å². The Balaban J connectivity index is 1.58. The van der Waals surface area contributed by atoms with Gasteiger partial charge in [-0.3, -0.25) is 18.9 Å². The van der Waals surface area contributed by atoms with Crippen molar-refractivity contribution in [3.05, 3.63) is 87.0 Å².